The van der Waals surface area contributed by atoms with Crippen LogP contribution in [0.25, 0.3) is 6.08 Å². The van der Waals surface area contributed by atoms with Crippen molar-refractivity contribution >= 4 is 40.6 Å². The third kappa shape index (κ3) is 3.70. The van der Waals surface area contributed by atoms with E-state index in [0.717, 1.165) is 11.8 Å². The normalized spacial score (nSPS) is 17.5. The number of hydrogen-bond donors (Lipinski definition) is 0. The van der Waals surface area contributed by atoms with Gasteiger partial charge in [0.2, 0.25) is 0 Å². The molecule has 1 aromatic carbocycles. The van der Waals surface area contributed by atoms with Crippen LogP contribution in [0.3, 0.4) is 0 Å². The Morgan fingerprint density at radius 1 is 1.33 bits per heavy atom. The third-order valence-electron chi connectivity index (χ3n) is 3.69. The molecule has 2 rings (SSSR count). The largest absolute Gasteiger partial charge is 0.493 e. The predicted molar refractivity (Wildman–Crippen MR) is 96.7 cm³/mol. The molecule has 1 heterocycles. The molecule has 0 unspecified atom stereocenters. The number of hydrogen-bond acceptors (Lipinski definition) is 5. The average Bonchev–Trinajstić information content (AvgIpc) is 2.83. The van der Waals surface area contributed by atoms with E-state index < -0.39 is 0 Å². The number of rotatable bonds is 6. The first-order valence-corrected chi connectivity index (χ1v) is 8.89. The molecule has 1 aliphatic heterocycles. The summed E-state index contributed by atoms with van der Waals surface area (Å²) in [6.07, 6.45) is 2.37. The summed E-state index contributed by atoms with van der Waals surface area (Å²) in [5.41, 5.74) is 0.676. The van der Waals surface area contributed by atoms with E-state index in [-0.39, 0.29) is 17.2 Å². The number of amides is 2. The van der Waals surface area contributed by atoms with Crippen molar-refractivity contribution in [3.8, 4) is 11.5 Å². The predicted octanol–water partition coefficient (Wildman–Crippen LogP) is 4.58. The lowest BCUT2D eigenvalue weighted by molar-refractivity contribution is -0.124. The monoisotopic (exact) mass is 369 g/mol. The van der Waals surface area contributed by atoms with Crippen molar-refractivity contribution in [2.45, 2.75) is 33.2 Å². The molecular weight excluding hydrogens is 350 g/mol. The number of imide groups is 1. The minimum Gasteiger partial charge on any atom is -0.493 e. The van der Waals surface area contributed by atoms with Crippen LogP contribution in [-0.4, -0.2) is 35.8 Å². The summed E-state index contributed by atoms with van der Waals surface area (Å²) in [7, 11) is 1.52. The summed E-state index contributed by atoms with van der Waals surface area (Å²) in [5.74, 6) is 0.673. The highest BCUT2D eigenvalue weighted by Crippen LogP contribution is 2.39. The van der Waals surface area contributed by atoms with Crippen molar-refractivity contribution < 1.29 is 19.1 Å². The summed E-state index contributed by atoms with van der Waals surface area (Å²) < 4.78 is 10.8. The summed E-state index contributed by atoms with van der Waals surface area (Å²) >= 11 is 7.18. The molecule has 1 fully saturated rings. The van der Waals surface area contributed by atoms with Crippen molar-refractivity contribution in [1.29, 1.82) is 0 Å². The molecule has 7 heteroatoms. The van der Waals surface area contributed by atoms with E-state index in [1.165, 1.54) is 12.0 Å². The van der Waals surface area contributed by atoms with Crippen molar-refractivity contribution in [1.82, 2.24) is 4.90 Å². The number of ether oxygens (including phenoxy) is 2. The maximum Gasteiger partial charge on any atom is 0.293 e. The first-order valence-electron chi connectivity index (χ1n) is 7.70. The van der Waals surface area contributed by atoms with E-state index >= 15 is 0 Å². The fourth-order valence-corrected chi connectivity index (χ4v) is 3.50. The van der Waals surface area contributed by atoms with Gasteiger partial charge in [-0.15, -0.1) is 0 Å². The van der Waals surface area contributed by atoms with Gasteiger partial charge in [-0.1, -0.05) is 18.5 Å². The molecule has 0 N–H and O–H groups in total. The van der Waals surface area contributed by atoms with Gasteiger partial charge in [0, 0.05) is 6.04 Å². The molecule has 1 atom stereocenters. The number of halogens is 1. The quantitative estimate of drug-likeness (QED) is 0.687. The van der Waals surface area contributed by atoms with Gasteiger partial charge < -0.3 is 9.47 Å². The van der Waals surface area contributed by atoms with Crippen molar-refractivity contribution in [3.63, 3.8) is 0 Å². The second kappa shape index (κ2) is 7.94. The van der Waals surface area contributed by atoms with Crippen LogP contribution in [0.5, 0.6) is 11.5 Å². The van der Waals surface area contributed by atoms with E-state index in [1.54, 1.807) is 18.2 Å². The molecule has 1 aliphatic rings. The lowest BCUT2D eigenvalue weighted by Crippen LogP contribution is -2.36. The minimum atomic E-state index is -0.275. The first-order chi connectivity index (χ1) is 11.4. The van der Waals surface area contributed by atoms with E-state index in [1.807, 2.05) is 20.8 Å². The van der Waals surface area contributed by atoms with Crippen LogP contribution in [0.2, 0.25) is 5.02 Å². The van der Waals surface area contributed by atoms with Gasteiger partial charge in [0.15, 0.2) is 11.5 Å². The van der Waals surface area contributed by atoms with Crippen molar-refractivity contribution in [3.05, 3.63) is 27.6 Å². The highest BCUT2D eigenvalue weighted by molar-refractivity contribution is 8.18. The summed E-state index contributed by atoms with van der Waals surface area (Å²) in [4.78, 5) is 26.2. The Bertz CT molecular complexity index is 689. The standard InChI is InChI=1S/C17H20ClNO4S/c1-5-10(3)19-16(20)14(24-17(19)21)9-11-7-12(18)15(23-6-2)13(8-11)22-4/h7-10H,5-6H2,1-4H3/b14-9+/t10-/m1/s1. The third-order valence-corrected chi connectivity index (χ3v) is 4.86. The van der Waals surface area contributed by atoms with Gasteiger partial charge in [0.05, 0.1) is 23.6 Å². The maximum atomic E-state index is 12.5. The second-order valence-electron chi connectivity index (χ2n) is 5.28. The van der Waals surface area contributed by atoms with E-state index in [4.69, 9.17) is 21.1 Å². The van der Waals surface area contributed by atoms with Gasteiger partial charge in [0.25, 0.3) is 11.1 Å². The SMILES string of the molecule is CCOc1c(Cl)cc(/C=C2/SC(=O)N([C@H](C)CC)C2=O)cc1OC. The smallest absolute Gasteiger partial charge is 0.293 e. The van der Waals surface area contributed by atoms with Crippen LogP contribution in [0.4, 0.5) is 4.79 Å². The van der Waals surface area contributed by atoms with Gasteiger partial charge in [0.1, 0.15) is 0 Å². The van der Waals surface area contributed by atoms with Crippen LogP contribution in [0.1, 0.15) is 32.8 Å². The molecule has 0 bridgehead atoms. The van der Waals surface area contributed by atoms with Crippen LogP contribution in [-0.2, 0) is 4.79 Å². The number of benzene rings is 1. The molecule has 24 heavy (non-hydrogen) atoms. The van der Waals surface area contributed by atoms with Crippen LogP contribution >= 0.6 is 23.4 Å². The average molecular weight is 370 g/mol. The number of methoxy groups -OCH3 is 1. The lowest BCUT2D eigenvalue weighted by atomic mass is 10.1. The highest BCUT2D eigenvalue weighted by Gasteiger charge is 2.37. The molecule has 0 aliphatic carbocycles. The number of thioether (sulfide) groups is 1. The van der Waals surface area contributed by atoms with E-state index in [2.05, 4.69) is 0 Å². The summed E-state index contributed by atoms with van der Waals surface area (Å²) in [6.45, 7) is 6.11. The zero-order valence-corrected chi connectivity index (χ0v) is 15.7. The molecule has 0 radical (unpaired) electrons. The van der Waals surface area contributed by atoms with Crippen LogP contribution < -0.4 is 9.47 Å². The number of nitrogens with zero attached hydrogens (tertiary/aromatic N) is 1. The molecule has 0 spiro atoms. The molecule has 2 amide bonds. The Morgan fingerprint density at radius 3 is 2.62 bits per heavy atom. The van der Waals surface area contributed by atoms with E-state index in [9.17, 15) is 9.59 Å². The van der Waals surface area contributed by atoms with Gasteiger partial charge in [-0.3, -0.25) is 14.5 Å². The zero-order chi connectivity index (χ0) is 17.9. The van der Waals surface area contributed by atoms with Crippen molar-refractivity contribution in [2.75, 3.05) is 13.7 Å². The fourth-order valence-electron chi connectivity index (χ4n) is 2.30. The highest BCUT2D eigenvalue weighted by atomic mass is 35.5. The van der Waals surface area contributed by atoms with Crippen molar-refractivity contribution in [2.24, 2.45) is 0 Å². The molecule has 130 valence electrons. The number of carbonyl (C=O) groups is 2. The molecule has 0 aromatic heterocycles. The molecule has 0 saturated carbocycles. The summed E-state index contributed by atoms with van der Waals surface area (Å²) in [5, 5.41) is 0.146. The topological polar surface area (TPSA) is 55.8 Å². The fraction of sp³-hybridized carbons (Fsp3) is 0.412. The maximum absolute atomic E-state index is 12.5. The Hall–Kier alpha value is -1.66. The lowest BCUT2D eigenvalue weighted by Gasteiger charge is -2.19. The Labute approximate surface area is 150 Å². The first kappa shape index (κ1) is 18.7. The van der Waals surface area contributed by atoms with E-state index in [0.29, 0.717) is 40.0 Å². The van der Waals surface area contributed by atoms with Crippen LogP contribution in [0.15, 0.2) is 17.0 Å². The Morgan fingerprint density at radius 2 is 2.04 bits per heavy atom. The van der Waals surface area contributed by atoms with Gasteiger partial charge in [-0.05, 0) is 55.8 Å². The zero-order valence-electron chi connectivity index (χ0n) is 14.1. The Balaban J connectivity index is 2.37. The minimum absolute atomic E-state index is 0.123. The summed E-state index contributed by atoms with van der Waals surface area (Å²) in [6, 6.07) is 3.29. The van der Waals surface area contributed by atoms with Gasteiger partial charge >= 0.3 is 0 Å². The Kier molecular flexibility index (Phi) is 6.18. The van der Waals surface area contributed by atoms with Gasteiger partial charge in [-0.25, -0.2) is 0 Å². The molecule has 1 saturated heterocycles. The van der Waals surface area contributed by atoms with Crippen LogP contribution in [0, 0.1) is 0 Å². The molecular formula is C17H20ClNO4S. The van der Waals surface area contributed by atoms with Gasteiger partial charge in [-0.2, -0.15) is 0 Å². The molecule has 5 nitrogen and oxygen atoms in total. The number of carbonyl (C=O) groups excluding carboxylic acids is 2. The second-order valence-corrected chi connectivity index (χ2v) is 6.68. The molecule has 1 aromatic rings.